The Morgan fingerprint density at radius 2 is 2.00 bits per heavy atom. The fourth-order valence-electron chi connectivity index (χ4n) is 1.97. The summed E-state index contributed by atoms with van der Waals surface area (Å²) < 4.78 is 0. The molecule has 56 valence electrons. The molecule has 1 aliphatic heterocycles. The summed E-state index contributed by atoms with van der Waals surface area (Å²) in [5.41, 5.74) is 0.150. The second kappa shape index (κ2) is 1.39. The van der Waals surface area contributed by atoms with E-state index >= 15 is 0 Å². The van der Waals surface area contributed by atoms with Crippen LogP contribution in [0.25, 0.3) is 0 Å². The topological polar surface area (TPSA) is 29.1 Å². The van der Waals surface area contributed by atoms with Crippen molar-refractivity contribution >= 4 is 5.91 Å². The van der Waals surface area contributed by atoms with Gasteiger partial charge in [-0.1, -0.05) is 0 Å². The van der Waals surface area contributed by atoms with E-state index < -0.39 is 0 Å². The van der Waals surface area contributed by atoms with E-state index in [0.717, 1.165) is 19.3 Å². The van der Waals surface area contributed by atoms with Gasteiger partial charge in [-0.15, -0.1) is 0 Å². The molecule has 2 heteroatoms. The maximum absolute atomic E-state index is 11.3. The predicted octanol–water partition coefficient (Wildman–Crippen LogP) is 1.07. The molecule has 1 saturated heterocycles. The van der Waals surface area contributed by atoms with Gasteiger partial charge in [-0.05, 0) is 33.1 Å². The van der Waals surface area contributed by atoms with Crippen molar-refractivity contribution in [1.29, 1.82) is 0 Å². The van der Waals surface area contributed by atoms with Gasteiger partial charge in [0.2, 0.25) is 5.91 Å². The van der Waals surface area contributed by atoms with Crippen LogP contribution in [0.15, 0.2) is 0 Å². The summed E-state index contributed by atoms with van der Waals surface area (Å²) in [5.74, 6) is 0.289. The van der Waals surface area contributed by atoms with Gasteiger partial charge >= 0.3 is 0 Å². The molecule has 1 amide bonds. The van der Waals surface area contributed by atoms with Crippen LogP contribution in [-0.4, -0.2) is 11.4 Å². The van der Waals surface area contributed by atoms with Crippen molar-refractivity contribution < 1.29 is 4.79 Å². The highest BCUT2D eigenvalue weighted by Gasteiger charge is 2.57. The van der Waals surface area contributed by atoms with E-state index in [0.29, 0.717) is 0 Å². The highest BCUT2D eigenvalue weighted by Crippen LogP contribution is 2.55. The molecule has 2 nitrogen and oxygen atoms in total. The number of carbonyl (C=O) groups excluding carboxylic acids is 1. The molecule has 0 aromatic heterocycles. The summed E-state index contributed by atoms with van der Waals surface area (Å²) in [6, 6.07) is 0. The number of hydrogen-bond acceptors (Lipinski definition) is 1. The summed E-state index contributed by atoms with van der Waals surface area (Å²) in [6.45, 7) is 4.19. The van der Waals surface area contributed by atoms with E-state index in [1.165, 1.54) is 0 Å². The molecule has 2 rings (SSSR count). The molecule has 0 aromatic rings. The first-order chi connectivity index (χ1) is 4.54. The first-order valence-corrected chi connectivity index (χ1v) is 3.87. The zero-order valence-corrected chi connectivity index (χ0v) is 6.53. The SMILES string of the molecule is CC1(C)CC2(CC2)C(=O)N1. The second-order valence-electron chi connectivity index (χ2n) is 4.30. The van der Waals surface area contributed by atoms with E-state index in [-0.39, 0.29) is 16.9 Å². The molecule has 2 fully saturated rings. The van der Waals surface area contributed by atoms with Crippen molar-refractivity contribution in [3.8, 4) is 0 Å². The molecule has 1 heterocycles. The van der Waals surface area contributed by atoms with Crippen molar-refractivity contribution in [2.75, 3.05) is 0 Å². The summed E-state index contributed by atoms with van der Waals surface area (Å²) in [6.07, 6.45) is 3.27. The Morgan fingerprint density at radius 1 is 1.40 bits per heavy atom. The van der Waals surface area contributed by atoms with Crippen LogP contribution >= 0.6 is 0 Å². The molecule has 0 aromatic carbocycles. The monoisotopic (exact) mass is 139 g/mol. The average Bonchev–Trinajstić information content (AvgIpc) is 2.40. The normalized spacial score (nSPS) is 32.4. The van der Waals surface area contributed by atoms with E-state index in [9.17, 15) is 4.79 Å². The Morgan fingerprint density at radius 3 is 2.20 bits per heavy atom. The van der Waals surface area contributed by atoms with Gasteiger partial charge < -0.3 is 5.32 Å². The van der Waals surface area contributed by atoms with Gasteiger partial charge in [-0.3, -0.25) is 4.79 Å². The molecule has 0 radical (unpaired) electrons. The Bertz CT molecular complexity index is 191. The third kappa shape index (κ3) is 0.678. The maximum atomic E-state index is 11.3. The molecule has 1 saturated carbocycles. The maximum Gasteiger partial charge on any atom is 0.226 e. The van der Waals surface area contributed by atoms with Crippen molar-refractivity contribution in [3.05, 3.63) is 0 Å². The van der Waals surface area contributed by atoms with Gasteiger partial charge in [0.1, 0.15) is 0 Å². The van der Waals surface area contributed by atoms with Gasteiger partial charge in [0.15, 0.2) is 0 Å². The summed E-state index contributed by atoms with van der Waals surface area (Å²) in [4.78, 5) is 11.3. The molecule has 1 N–H and O–H groups in total. The lowest BCUT2D eigenvalue weighted by molar-refractivity contribution is -0.123. The summed E-state index contributed by atoms with van der Waals surface area (Å²) in [7, 11) is 0. The average molecular weight is 139 g/mol. The largest absolute Gasteiger partial charge is 0.351 e. The van der Waals surface area contributed by atoms with Gasteiger partial charge in [-0.2, -0.15) is 0 Å². The lowest BCUT2D eigenvalue weighted by Gasteiger charge is -2.15. The molecular weight excluding hydrogens is 126 g/mol. The Labute approximate surface area is 61.0 Å². The van der Waals surface area contributed by atoms with Crippen LogP contribution in [0.1, 0.15) is 33.1 Å². The minimum atomic E-state index is 0.0631. The fourth-order valence-corrected chi connectivity index (χ4v) is 1.97. The quantitative estimate of drug-likeness (QED) is 0.534. The van der Waals surface area contributed by atoms with Gasteiger partial charge in [0, 0.05) is 5.54 Å². The number of rotatable bonds is 0. The van der Waals surface area contributed by atoms with Crippen LogP contribution in [0.5, 0.6) is 0 Å². The zero-order chi connectivity index (χ0) is 7.41. The van der Waals surface area contributed by atoms with Crippen LogP contribution in [-0.2, 0) is 4.79 Å². The third-order valence-electron chi connectivity index (χ3n) is 2.57. The molecule has 2 aliphatic rings. The van der Waals surface area contributed by atoms with Crippen LogP contribution < -0.4 is 5.32 Å². The molecule has 0 atom stereocenters. The fraction of sp³-hybridized carbons (Fsp3) is 0.875. The van der Waals surface area contributed by atoms with Crippen LogP contribution in [0, 0.1) is 5.41 Å². The van der Waals surface area contributed by atoms with Gasteiger partial charge in [0.05, 0.1) is 5.41 Å². The van der Waals surface area contributed by atoms with E-state index in [1.807, 2.05) is 0 Å². The first-order valence-electron chi connectivity index (χ1n) is 3.87. The number of hydrogen-bond donors (Lipinski definition) is 1. The lowest BCUT2D eigenvalue weighted by Crippen LogP contribution is -2.34. The van der Waals surface area contributed by atoms with Crippen molar-refractivity contribution in [1.82, 2.24) is 5.32 Å². The van der Waals surface area contributed by atoms with Crippen LogP contribution in [0.4, 0.5) is 0 Å². The highest BCUT2D eigenvalue weighted by molar-refractivity contribution is 5.88. The molecular formula is C8H13NO. The Hall–Kier alpha value is -0.530. The molecule has 10 heavy (non-hydrogen) atoms. The lowest BCUT2D eigenvalue weighted by atomic mass is 9.95. The van der Waals surface area contributed by atoms with E-state index in [4.69, 9.17) is 0 Å². The molecule has 0 bridgehead atoms. The Balaban J connectivity index is 2.23. The minimum Gasteiger partial charge on any atom is -0.351 e. The smallest absolute Gasteiger partial charge is 0.226 e. The third-order valence-corrected chi connectivity index (χ3v) is 2.57. The van der Waals surface area contributed by atoms with E-state index in [1.54, 1.807) is 0 Å². The molecule has 1 aliphatic carbocycles. The summed E-state index contributed by atoms with van der Waals surface area (Å²) in [5, 5.41) is 3.01. The molecule has 0 unspecified atom stereocenters. The standard InChI is InChI=1S/C8H13NO/c1-7(2)5-8(3-4-8)6(10)9-7/h3-5H2,1-2H3,(H,9,10). The second-order valence-corrected chi connectivity index (χ2v) is 4.30. The van der Waals surface area contributed by atoms with E-state index in [2.05, 4.69) is 19.2 Å². The van der Waals surface area contributed by atoms with Gasteiger partial charge in [0.25, 0.3) is 0 Å². The highest BCUT2D eigenvalue weighted by atomic mass is 16.2. The first kappa shape index (κ1) is 6.20. The van der Waals surface area contributed by atoms with Crippen molar-refractivity contribution in [2.45, 2.75) is 38.6 Å². The number of amides is 1. The van der Waals surface area contributed by atoms with Crippen molar-refractivity contribution in [3.63, 3.8) is 0 Å². The minimum absolute atomic E-state index is 0.0631. The zero-order valence-electron chi connectivity index (χ0n) is 6.53. The van der Waals surface area contributed by atoms with Crippen LogP contribution in [0.2, 0.25) is 0 Å². The Kier molecular flexibility index (Phi) is 0.859. The summed E-state index contributed by atoms with van der Waals surface area (Å²) >= 11 is 0. The number of nitrogens with one attached hydrogen (secondary N) is 1. The van der Waals surface area contributed by atoms with Gasteiger partial charge in [-0.25, -0.2) is 0 Å². The van der Waals surface area contributed by atoms with Crippen molar-refractivity contribution in [2.24, 2.45) is 5.41 Å². The predicted molar refractivity (Wildman–Crippen MR) is 38.5 cm³/mol. The van der Waals surface area contributed by atoms with Crippen LogP contribution in [0.3, 0.4) is 0 Å². The number of carbonyl (C=O) groups is 1. The molecule has 1 spiro atoms.